The molecule has 0 spiro atoms. The van der Waals surface area contributed by atoms with Gasteiger partial charge >= 0.3 is 0 Å². The first kappa shape index (κ1) is 14.6. The van der Waals surface area contributed by atoms with Crippen LogP contribution in [0.2, 0.25) is 0 Å². The molecule has 0 radical (unpaired) electrons. The summed E-state index contributed by atoms with van der Waals surface area (Å²) in [6.45, 7) is 6.27. The molecule has 1 saturated heterocycles. The molecule has 0 aliphatic carbocycles. The first-order valence-electron chi connectivity index (χ1n) is 7.14. The summed E-state index contributed by atoms with van der Waals surface area (Å²) in [4.78, 5) is 14.1. The summed E-state index contributed by atoms with van der Waals surface area (Å²) in [7, 11) is 0. The van der Waals surface area contributed by atoms with Crippen LogP contribution in [0.15, 0.2) is 30.3 Å². The van der Waals surface area contributed by atoms with Gasteiger partial charge < -0.3 is 0 Å². The van der Waals surface area contributed by atoms with E-state index in [-0.39, 0.29) is 10.4 Å². The molecule has 2 nitrogen and oxygen atoms in total. The zero-order valence-corrected chi connectivity index (χ0v) is 12.7. The van der Waals surface area contributed by atoms with Crippen LogP contribution in [0.5, 0.6) is 0 Å². The molecule has 0 amide bonds. The SMILES string of the molecule is CC(=O)SC(c1ccccc1)[C@@H](C)N1CCCCC1. The summed E-state index contributed by atoms with van der Waals surface area (Å²) in [5.41, 5.74) is 1.26. The fraction of sp³-hybridized carbons (Fsp3) is 0.562. The molecule has 1 aromatic carbocycles. The Hall–Kier alpha value is -0.800. The predicted molar refractivity (Wildman–Crippen MR) is 82.3 cm³/mol. The Morgan fingerprint density at radius 1 is 1.16 bits per heavy atom. The molecule has 2 atom stereocenters. The van der Waals surface area contributed by atoms with Gasteiger partial charge in [0.1, 0.15) is 0 Å². The van der Waals surface area contributed by atoms with Gasteiger partial charge in [0.05, 0.1) is 5.25 Å². The molecule has 0 saturated carbocycles. The highest BCUT2D eigenvalue weighted by Crippen LogP contribution is 2.35. The van der Waals surface area contributed by atoms with Crippen LogP contribution in [0.1, 0.15) is 43.9 Å². The van der Waals surface area contributed by atoms with Crippen LogP contribution < -0.4 is 0 Å². The van der Waals surface area contributed by atoms with Crippen molar-refractivity contribution < 1.29 is 4.79 Å². The van der Waals surface area contributed by atoms with E-state index in [9.17, 15) is 4.79 Å². The Kier molecular flexibility index (Phi) is 5.46. The second kappa shape index (κ2) is 7.11. The molecule has 0 N–H and O–H groups in total. The molecule has 1 fully saturated rings. The van der Waals surface area contributed by atoms with E-state index in [1.807, 2.05) is 6.07 Å². The van der Waals surface area contributed by atoms with Gasteiger partial charge in [-0.05, 0) is 38.4 Å². The van der Waals surface area contributed by atoms with Crippen LogP contribution in [0.3, 0.4) is 0 Å². The van der Waals surface area contributed by atoms with Crippen molar-refractivity contribution in [3.05, 3.63) is 35.9 Å². The lowest BCUT2D eigenvalue weighted by molar-refractivity contribution is -0.109. The lowest BCUT2D eigenvalue weighted by atomic mass is 10.0. The first-order chi connectivity index (χ1) is 9.18. The van der Waals surface area contributed by atoms with Crippen LogP contribution in [0.4, 0.5) is 0 Å². The summed E-state index contributed by atoms with van der Waals surface area (Å²) in [6.07, 6.45) is 3.92. The predicted octanol–water partition coefficient (Wildman–Crippen LogP) is 3.88. The van der Waals surface area contributed by atoms with Crippen LogP contribution in [0, 0.1) is 0 Å². The van der Waals surface area contributed by atoms with Gasteiger partial charge in [-0.3, -0.25) is 9.69 Å². The third kappa shape index (κ3) is 4.08. The molecule has 1 aliphatic heterocycles. The summed E-state index contributed by atoms with van der Waals surface area (Å²) in [6, 6.07) is 10.8. The topological polar surface area (TPSA) is 20.3 Å². The normalized spacial score (nSPS) is 19.9. The highest BCUT2D eigenvalue weighted by molar-refractivity contribution is 8.13. The molecule has 3 heteroatoms. The Morgan fingerprint density at radius 3 is 2.37 bits per heavy atom. The number of rotatable bonds is 4. The van der Waals surface area contributed by atoms with E-state index >= 15 is 0 Å². The summed E-state index contributed by atoms with van der Waals surface area (Å²) >= 11 is 1.47. The molecule has 2 rings (SSSR count). The van der Waals surface area contributed by atoms with Crippen molar-refractivity contribution in [2.45, 2.75) is 44.4 Å². The maximum absolute atomic E-state index is 11.6. The quantitative estimate of drug-likeness (QED) is 0.833. The Morgan fingerprint density at radius 2 is 1.79 bits per heavy atom. The largest absolute Gasteiger partial charge is 0.299 e. The number of piperidine rings is 1. The molecule has 1 heterocycles. The number of carbonyl (C=O) groups is 1. The molecule has 104 valence electrons. The number of benzene rings is 1. The van der Waals surface area contributed by atoms with Crippen molar-refractivity contribution >= 4 is 16.9 Å². The van der Waals surface area contributed by atoms with Gasteiger partial charge in [-0.15, -0.1) is 0 Å². The molecule has 19 heavy (non-hydrogen) atoms. The minimum Gasteiger partial charge on any atom is -0.299 e. The van der Waals surface area contributed by atoms with Crippen molar-refractivity contribution in [1.29, 1.82) is 0 Å². The van der Waals surface area contributed by atoms with Crippen molar-refractivity contribution in [3.63, 3.8) is 0 Å². The number of likely N-dealkylation sites (tertiary alicyclic amines) is 1. The Labute approximate surface area is 120 Å². The van der Waals surface area contributed by atoms with Crippen LogP contribution in [0.25, 0.3) is 0 Å². The average molecular weight is 277 g/mol. The van der Waals surface area contributed by atoms with Crippen LogP contribution in [-0.2, 0) is 4.79 Å². The highest BCUT2D eigenvalue weighted by atomic mass is 32.2. The fourth-order valence-corrected chi connectivity index (χ4v) is 3.80. The van der Waals surface area contributed by atoms with Gasteiger partial charge in [-0.1, -0.05) is 48.5 Å². The van der Waals surface area contributed by atoms with E-state index in [1.165, 1.54) is 49.7 Å². The molecule has 0 aromatic heterocycles. The van der Waals surface area contributed by atoms with Gasteiger partial charge in [0.2, 0.25) is 0 Å². The molecule has 1 aliphatic rings. The van der Waals surface area contributed by atoms with Crippen molar-refractivity contribution in [3.8, 4) is 0 Å². The number of carbonyl (C=O) groups excluding carboxylic acids is 1. The highest BCUT2D eigenvalue weighted by Gasteiger charge is 2.27. The van der Waals surface area contributed by atoms with Crippen LogP contribution >= 0.6 is 11.8 Å². The zero-order chi connectivity index (χ0) is 13.7. The summed E-state index contributed by atoms with van der Waals surface area (Å²) in [5.74, 6) is 0. The third-order valence-electron chi connectivity index (χ3n) is 3.83. The maximum atomic E-state index is 11.6. The minimum absolute atomic E-state index is 0.206. The molecular weight excluding hydrogens is 254 g/mol. The lowest BCUT2D eigenvalue weighted by Gasteiger charge is -2.36. The second-order valence-electron chi connectivity index (χ2n) is 5.28. The minimum atomic E-state index is 0.206. The Bertz CT molecular complexity index is 400. The van der Waals surface area contributed by atoms with E-state index in [1.54, 1.807) is 6.92 Å². The van der Waals surface area contributed by atoms with E-state index in [2.05, 4.69) is 36.1 Å². The molecule has 0 bridgehead atoms. The van der Waals surface area contributed by atoms with E-state index in [0.29, 0.717) is 6.04 Å². The number of nitrogens with zero attached hydrogens (tertiary/aromatic N) is 1. The second-order valence-corrected chi connectivity index (χ2v) is 6.60. The third-order valence-corrected chi connectivity index (χ3v) is 5.08. The van der Waals surface area contributed by atoms with Crippen molar-refractivity contribution in [1.82, 2.24) is 4.90 Å². The van der Waals surface area contributed by atoms with Gasteiger partial charge in [0.25, 0.3) is 0 Å². The monoisotopic (exact) mass is 277 g/mol. The smallest absolute Gasteiger partial charge is 0.186 e. The molecule has 1 unspecified atom stereocenters. The van der Waals surface area contributed by atoms with E-state index in [0.717, 1.165) is 0 Å². The van der Waals surface area contributed by atoms with Gasteiger partial charge in [-0.25, -0.2) is 0 Å². The van der Waals surface area contributed by atoms with Gasteiger partial charge in [-0.2, -0.15) is 0 Å². The maximum Gasteiger partial charge on any atom is 0.186 e. The number of hydrogen-bond donors (Lipinski definition) is 0. The molecule has 1 aromatic rings. The summed E-state index contributed by atoms with van der Waals surface area (Å²) < 4.78 is 0. The van der Waals surface area contributed by atoms with E-state index in [4.69, 9.17) is 0 Å². The number of hydrogen-bond acceptors (Lipinski definition) is 3. The van der Waals surface area contributed by atoms with Gasteiger partial charge in [0.15, 0.2) is 5.12 Å². The lowest BCUT2D eigenvalue weighted by Crippen LogP contribution is -2.40. The molecular formula is C16H23NOS. The standard InChI is InChI=1S/C16H23NOS/c1-13(17-11-7-4-8-12-17)16(19-14(2)18)15-9-5-3-6-10-15/h3,5-6,9-10,13,16H,4,7-8,11-12H2,1-2H3/t13-,16?/m1/s1. The van der Waals surface area contributed by atoms with Crippen molar-refractivity contribution in [2.75, 3.05) is 13.1 Å². The zero-order valence-electron chi connectivity index (χ0n) is 11.8. The van der Waals surface area contributed by atoms with Crippen molar-refractivity contribution in [2.24, 2.45) is 0 Å². The first-order valence-corrected chi connectivity index (χ1v) is 8.02. The Balaban J connectivity index is 2.14. The fourth-order valence-electron chi connectivity index (χ4n) is 2.78. The summed E-state index contributed by atoms with van der Waals surface area (Å²) in [5, 5.41) is 0.453. The van der Waals surface area contributed by atoms with Gasteiger partial charge in [0, 0.05) is 13.0 Å². The average Bonchev–Trinajstić information content (AvgIpc) is 2.46. The number of thioether (sulfide) groups is 1. The van der Waals surface area contributed by atoms with E-state index < -0.39 is 0 Å². The van der Waals surface area contributed by atoms with Crippen LogP contribution in [-0.4, -0.2) is 29.1 Å².